The maximum absolute atomic E-state index is 12.9. The monoisotopic (exact) mass is 306 g/mol. The molecule has 0 unspecified atom stereocenters. The Balaban J connectivity index is 2.07. The summed E-state index contributed by atoms with van der Waals surface area (Å²) in [5, 5.41) is 3.11. The highest BCUT2D eigenvalue weighted by Crippen LogP contribution is 2.32. The van der Waals surface area contributed by atoms with Gasteiger partial charge in [-0.3, -0.25) is 9.98 Å². The van der Waals surface area contributed by atoms with E-state index in [1.54, 1.807) is 6.20 Å². The summed E-state index contributed by atoms with van der Waals surface area (Å²) in [7, 11) is 0. The summed E-state index contributed by atoms with van der Waals surface area (Å²) >= 11 is 0. The first kappa shape index (κ1) is 14.5. The van der Waals surface area contributed by atoms with Gasteiger partial charge in [-0.2, -0.15) is 13.2 Å². The predicted molar refractivity (Wildman–Crippen MR) is 77.0 cm³/mol. The number of pyridine rings is 2. The minimum Gasteiger partial charge on any atom is -0.370 e. The third kappa shape index (κ3) is 2.54. The van der Waals surface area contributed by atoms with E-state index < -0.39 is 11.7 Å². The molecule has 1 aliphatic heterocycles. The quantitative estimate of drug-likeness (QED) is 0.947. The van der Waals surface area contributed by atoms with Crippen LogP contribution in [0.3, 0.4) is 0 Å². The van der Waals surface area contributed by atoms with E-state index in [0.717, 1.165) is 29.5 Å². The summed E-state index contributed by atoms with van der Waals surface area (Å²) in [5.41, 5.74) is 1.59. The Morgan fingerprint density at radius 3 is 2.68 bits per heavy atom. The van der Waals surface area contributed by atoms with Gasteiger partial charge in [-0.25, -0.2) is 4.98 Å². The van der Waals surface area contributed by atoms with Gasteiger partial charge in [-0.1, -0.05) is 0 Å². The molecular weight excluding hydrogens is 293 g/mol. The molecule has 0 aromatic carbocycles. The molecule has 1 N–H and O–H groups in total. The Labute approximate surface area is 125 Å². The van der Waals surface area contributed by atoms with Crippen molar-refractivity contribution in [2.75, 3.05) is 11.9 Å². The largest absolute Gasteiger partial charge is 0.416 e. The van der Waals surface area contributed by atoms with E-state index in [2.05, 4.69) is 20.3 Å². The number of hydrogen-bond donors (Lipinski definition) is 1. The summed E-state index contributed by atoms with van der Waals surface area (Å²) in [6.07, 6.45) is -1.59. The van der Waals surface area contributed by atoms with Crippen LogP contribution >= 0.6 is 0 Å². The van der Waals surface area contributed by atoms with Gasteiger partial charge in [0.2, 0.25) is 0 Å². The lowest BCUT2D eigenvalue weighted by atomic mass is 10.0. The molecule has 3 heterocycles. The number of anilines is 1. The van der Waals surface area contributed by atoms with Crippen molar-refractivity contribution in [2.24, 2.45) is 4.99 Å². The lowest BCUT2D eigenvalue weighted by Crippen LogP contribution is -2.12. The van der Waals surface area contributed by atoms with Crippen LogP contribution in [-0.4, -0.2) is 22.2 Å². The molecule has 4 nitrogen and oxygen atoms in total. The standard InChI is InChI=1S/C15H13F3N4/c1-2-19-14-12-9(3-5-21-14)8-22-13(12)11-7-10(4-6-20-11)15(16,17)18/h3-7H,2,8H2,1H3,(H,19,21). The summed E-state index contributed by atoms with van der Waals surface area (Å²) in [4.78, 5) is 12.6. The summed E-state index contributed by atoms with van der Waals surface area (Å²) in [6.45, 7) is 3.01. The molecule has 0 bridgehead atoms. The molecule has 7 heteroatoms. The van der Waals surface area contributed by atoms with Gasteiger partial charge < -0.3 is 5.32 Å². The van der Waals surface area contributed by atoms with Crippen molar-refractivity contribution in [3.8, 4) is 0 Å². The maximum Gasteiger partial charge on any atom is 0.416 e. The molecule has 0 spiro atoms. The number of nitrogens with zero attached hydrogens (tertiary/aromatic N) is 3. The second kappa shape index (κ2) is 5.40. The second-order valence-corrected chi connectivity index (χ2v) is 4.82. The van der Waals surface area contributed by atoms with Crippen LogP contribution < -0.4 is 5.32 Å². The molecule has 0 saturated heterocycles. The highest BCUT2D eigenvalue weighted by Gasteiger charge is 2.32. The minimum absolute atomic E-state index is 0.209. The van der Waals surface area contributed by atoms with E-state index in [1.807, 2.05) is 13.0 Å². The Morgan fingerprint density at radius 1 is 1.18 bits per heavy atom. The number of aliphatic imine (C=N–C) groups is 1. The van der Waals surface area contributed by atoms with Crippen molar-refractivity contribution in [3.63, 3.8) is 0 Å². The molecule has 2 aromatic heterocycles. The van der Waals surface area contributed by atoms with E-state index in [4.69, 9.17) is 0 Å². The zero-order valence-electron chi connectivity index (χ0n) is 11.8. The maximum atomic E-state index is 12.9. The van der Waals surface area contributed by atoms with Crippen molar-refractivity contribution in [1.82, 2.24) is 9.97 Å². The number of rotatable bonds is 3. The number of aromatic nitrogens is 2. The third-order valence-electron chi connectivity index (χ3n) is 3.36. The summed E-state index contributed by atoms with van der Waals surface area (Å²) < 4.78 is 38.6. The normalized spacial score (nSPS) is 13.7. The fourth-order valence-corrected chi connectivity index (χ4v) is 2.39. The van der Waals surface area contributed by atoms with Crippen LogP contribution in [0, 0.1) is 0 Å². The van der Waals surface area contributed by atoms with E-state index in [9.17, 15) is 13.2 Å². The zero-order chi connectivity index (χ0) is 15.7. The molecule has 3 rings (SSSR count). The highest BCUT2D eigenvalue weighted by molar-refractivity contribution is 6.16. The van der Waals surface area contributed by atoms with Gasteiger partial charge in [-0.05, 0) is 30.7 Å². The van der Waals surface area contributed by atoms with Gasteiger partial charge >= 0.3 is 6.18 Å². The van der Waals surface area contributed by atoms with Crippen LogP contribution in [-0.2, 0) is 12.7 Å². The Kier molecular flexibility index (Phi) is 3.56. The van der Waals surface area contributed by atoms with Crippen molar-refractivity contribution in [1.29, 1.82) is 0 Å². The molecule has 0 aliphatic carbocycles. The Hall–Kier alpha value is -2.44. The van der Waals surface area contributed by atoms with Gasteiger partial charge in [0.05, 0.1) is 23.5 Å². The first-order chi connectivity index (χ1) is 10.5. The summed E-state index contributed by atoms with van der Waals surface area (Å²) in [5.74, 6) is 0.621. The average molecular weight is 306 g/mol. The summed E-state index contributed by atoms with van der Waals surface area (Å²) in [6, 6.07) is 3.80. The van der Waals surface area contributed by atoms with E-state index in [0.29, 0.717) is 24.6 Å². The Morgan fingerprint density at radius 2 is 1.95 bits per heavy atom. The molecule has 0 radical (unpaired) electrons. The van der Waals surface area contributed by atoms with Gasteiger partial charge in [0.15, 0.2) is 0 Å². The minimum atomic E-state index is -4.40. The molecule has 0 amide bonds. The zero-order valence-corrected chi connectivity index (χ0v) is 11.8. The molecule has 0 fully saturated rings. The lowest BCUT2D eigenvalue weighted by Gasteiger charge is -2.11. The van der Waals surface area contributed by atoms with Crippen molar-refractivity contribution < 1.29 is 13.2 Å². The third-order valence-corrected chi connectivity index (χ3v) is 3.36. The Bertz CT molecular complexity index is 738. The second-order valence-electron chi connectivity index (χ2n) is 4.82. The van der Waals surface area contributed by atoms with Gasteiger partial charge in [0.1, 0.15) is 5.82 Å². The smallest absolute Gasteiger partial charge is 0.370 e. The van der Waals surface area contributed by atoms with Gasteiger partial charge in [0, 0.05) is 24.5 Å². The van der Waals surface area contributed by atoms with Crippen molar-refractivity contribution in [3.05, 3.63) is 53.0 Å². The van der Waals surface area contributed by atoms with Crippen LogP contribution in [0.25, 0.3) is 0 Å². The molecule has 1 aliphatic rings. The van der Waals surface area contributed by atoms with Crippen LogP contribution in [0.4, 0.5) is 19.0 Å². The topological polar surface area (TPSA) is 50.2 Å². The predicted octanol–water partition coefficient (Wildman–Crippen LogP) is 3.28. The first-order valence-electron chi connectivity index (χ1n) is 6.81. The van der Waals surface area contributed by atoms with E-state index in [1.165, 1.54) is 0 Å². The highest BCUT2D eigenvalue weighted by atomic mass is 19.4. The van der Waals surface area contributed by atoms with Crippen molar-refractivity contribution in [2.45, 2.75) is 19.6 Å². The van der Waals surface area contributed by atoms with Crippen LogP contribution in [0.2, 0.25) is 0 Å². The number of halogens is 3. The molecule has 2 aromatic rings. The molecule has 0 atom stereocenters. The average Bonchev–Trinajstić information content (AvgIpc) is 2.92. The molecule has 114 valence electrons. The van der Waals surface area contributed by atoms with Crippen molar-refractivity contribution >= 4 is 11.5 Å². The van der Waals surface area contributed by atoms with Crippen LogP contribution in [0.15, 0.2) is 35.6 Å². The number of nitrogens with one attached hydrogen (secondary N) is 1. The van der Waals surface area contributed by atoms with E-state index >= 15 is 0 Å². The van der Waals surface area contributed by atoms with Gasteiger partial charge in [-0.15, -0.1) is 0 Å². The fourth-order valence-electron chi connectivity index (χ4n) is 2.39. The lowest BCUT2D eigenvalue weighted by molar-refractivity contribution is -0.137. The van der Waals surface area contributed by atoms with Crippen LogP contribution in [0.1, 0.15) is 29.3 Å². The SMILES string of the molecule is CCNc1nccc2c1C(c1cc(C(F)(F)F)ccn1)=NC2. The van der Waals surface area contributed by atoms with Crippen LogP contribution in [0.5, 0.6) is 0 Å². The van der Waals surface area contributed by atoms with Gasteiger partial charge in [0.25, 0.3) is 0 Å². The van der Waals surface area contributed by atoms with E-state index in [-0.39, 0.29) is 5.69 Å². The molecular formula is C15H13F3N4. The number of alkyl halides is 3. The number of fused-ring (bicyclic) bond motifs is 1. The molecule has 22 heavy (non-hydrogen) atoms. The fraction of sp³-hybridized carbons (Fsp3) is 0.267. The number of hydrogen-bond acceptors (Lipinski definition) is 4. The first-order valence-corrected chi connectivity index (χ1v) is 6.81. The molecule has 0 saturated carbocycles.